The van der Waals surface area contributed by atoms with Crippen molar-refractivity contribution in [3.05, 3.63) is 24.0 Å². The van der Waals surface area contributed by atoms with Gasteiger partial charge in [0.25, 0.3) is 0 Å². The zero-order chi connectivity index (χ0) is 14.1. The molecular weight excluding hydrogens is 256 g/mol. The molecule has 1 aliphatic rings. The van der Waals surface area contributed by atoms with E-state index in [1.54, 1.807) is 6.07 Å². The molecule has 19 heavy (non-hydrogen) atoms. The van der Waals surface area contributed by atoms with Gasteiger partial charge in [-0.05, 0) is 25.0 Å². The van der Waals surface area contributed by atoms with Crippen molar-refractivity contribution in [1.82, 2.24) is 4.98 Å². The monoisotopic (exact) mass is 271 g/mol. The second-order valence-corrected chi connectivity index (χ2v) is 4.83. The van der Waals surface area contributed by atoms with Gasteiger partial charge in [0.15, 0.2) is 0 Å². The largest absolute Gasteiger partial charge is 0.495 e. The molecule has 0 atom stereocenters. The van der Waals surface area contributed by atoms with E-state index in [2.05, 4.69) is 4.98 Å². The second-order valence-electron chi connectivity index (χ2n) is 4.83. The summed E-state index contributed by atoms with van der Waals surface area (Å²) in [5.41, 5.74) is -0.996. The highest BCUT2D eigenvalue weighted by atomic mass is 19.3. The molecule has 1 aromatic heterocycles. The first-order valence-electron chi connectivity index (χ1n) is 6.01. The number of rotatable bonds is 3. The summed E-state index contributed by atoms with van der Waals surface area (Å²) in [7, 11) is 1.48. The maximum atomic E-state index is 13.2. The van der Waals surface area contributed by atoms with Crippen molar-refractivity contribution >= 4 is 5.97 Å². The minimum atomic E-state index is -2.77. The third-order valence-corrected chi connectivity index (χ3v) is 3.71. The van der Waals surface area contributed by atoms with Crippen LogP contribution in [0, 0.1) is 0 Å². The zero-order valence-corrected chi connectivity index (χ0v) is 10.5. The number of pyridine rings is 1. The molecule has 0 bridgehead atoms. The summed E-state index contributed by atoms with van der Waals surface area (Å²) in [5.74, 6) is -3.36. The Morgan fingerprint density at radius 3 is 2.37 bits per heavy atom. The maximum Gasteiger partial charge on any atom is 0.315 e. The number of carboxylic acids is 1. The highest BCUT2D eigenvalue weighted by Gasteiger charge is 2.49. The van der Waals surface area contributed by atoms with Crippen LogP contribution in [0.5, 0.6) is 5.75 Å². The van der Waals surface area contributed by atoms with Gasteiger partial charge >= 0.3 is 5.97 Å². The third kappa shape index (κ3) is 2.52. The van der Waals surface area contributed by atoms with Gasteiger partial charge in [0.05, 0.1) is 19.0 Å². The topological polar surface area (TPSA) is 59.4 Å². The second kappa shape index (κ2) is 4.75. The first-order chi connectivity index (χ1) is 8.89. The number of ether oxygens (including phenoxy) is 1. The van der Waals surface area contributed by atoms with Crippen LogP contribution in [0.4, 0.5) is 8.78 Å². The summed E-state index contributed by atoms with van der Waals surface area (Å²) < 4.78 is 31.4. The van der Waals surface area contributed by atoms with Gasteiger partial charge in [-0.25, -0.2) is 8.78 Å². The van der Waals surface area contributed by atoms with Crippen molar-refractivity contribution in [2.75, 3.05) is 7.11 Å². The molecule has 6 heteroatoms. The molecular formula is C13H15F2NO3. The Hall–Kier alpha value is -1.72. The molecule has 104 valence electrons. The average Bonchev–Trinajstić information content (AvgIpc) is 2.39. The van der Waals surface area contributed by atoms with Gasteiger partial charge in [-0.1, -0.05) is 0 Å². The number of hydrogen-bond acceptors (Lipinski definition) is 3. The van der Waals surface area contributed by atoms with Crippen LogP contribution in [0.3, 0.4) is 0 Å². The fraction of sp³-hybridized carbons (Fsp3) is 0.538. The van der Waals surface area contributed by atoms with Gasteiger partial charge in [0, 0.05) is 12.8 Å². The van der Waals surface area contributed by atoms with Crippen molar-refractivity contribution in [2.24, 2.45) is 0 Å². The lowest BCUT2D eigenvalue weighted by molar-refractivity contribution is -0.149. The van der Waals surface area contributed by atoms with Crippen LogP contribution >= 0.6 is 0 Å². The minimum absolute atomic E-state index is 0.103. The van der Waals surface area contributed by atoms with E-state index in [0.717, 1.165) is 0 Å². The number of carboxylic acid groups (broad SMARTS) is 1. The van der Waals surface area contributed by atoms with Crippen molar-refractivity contribution < 1.29 is 23.4 Å². The molecule has 0 radical (unpaired) electrons. The molecule has 1 aromatic rings. The smallest absolute Gasteiger partial charge is 0.315 e. The predicted molar refractivity (Wildman–Crippen MR) is 63.5 cm³/mol. The standard InChI is InChI=1S/C13H15F2NO3/c1-19-9-2-3-10(16-8-9)12(11(17)18)4-6-13(14,15)7-5-12/h2-3,8H,4-7H2,1H3,(H,17,18). The maximum absolute atomic E-state index is 13.2. The van der Waals surface area contributed by atoms with E-state index >= 15 is 0 Å². The van der Waals surface area contributed by atoms with Crippen LogP contribution in [-0.4, -0.2) is 29.1 Å². The molecule has 1 heterocycles. The summed E-state index contributed by atoms with van der Waals surface area (Å²) in [4.78, 5) is 15.6. The molecule has 4 nitrogen and oxygen atoms in total. The molecule has 1 N–H and O–H groups in total. The van der Waals surface area contributed by atoms with Gasteiger partial charge in [-0.15, -0.1) is 0 Å². The lowest BCUT2D eigenvalue weighted by atomic mass is 9.70. The molecule has 1 fully saturated rings. The Morgan fingerprint density at radius 1 is 1.32 bits per heavy atom. The van der Waals surface area contributed by atoms with Gasteiger partial charge in [-0.3, -0.25) is 9.78 Å². The Kier molecular flexibility index (Phi) is 3.43. The molecule has 0 spiro atoms. The van der Waals surface area contributed by atoms with Crippen LogP contribution < -0.4 is 4.74 Å². The normalized spacial score (nSPS) is 20.8. The number of halogens is 2. The van der Waals surface area contributed by atoms with E-state index in [0.29, 0.717) is 11.4 Å². The van der Waals surface area contributed by atoms with E-state index in [4.69, 9.17) is 4.74 Å². The van der Waals surface area contributed by atoms with Gasteiger partial charge < -0.3 is 9.84 Å². The Balaban J connectivity index is 2.32. The molecule has 0 saturated heterocycles. The first kappa shape index (κ1) is 13.7. The lowest BCUT2D eigenvalue weighted by Gasteiger charge is -2.36. The number of hydrogen-bond donors (Lipinski definition) is 1. The molecule has 2 rings (SSSR count). The SMILES string of the molecule is COc1ccc(C2(C(=O)O)CCC(F)(F)CC2)nc1. The van der Waals surface area contributed by atoms with Crippen LogP contribution in [0.2, 0.25) is 0 Å². The quantitative estimate of drug-likeness (QED) is 0.918. The van der Waals surface area contributed by atoms with E-state index in [1.807, 2.05) is 0 Å². The van der Waals surface area contributed by atoms with Crippen molar-refractivity contribution in [1.29, 1.82) is 0 Å². The Labute approximate surface area is 109 Å². The Morgan fingerprint density at radius 2 is 1.95 bits per heavy atom. The van der Waals surface area contributed by atoms with Gasteiger partial charge in [0.2, 0.25) is 5.92 Å². The number of carbonyl (C=O) groups is 1. The van der Waals surface area contributed by atoms with E-state index in [1.165, 1.54) is 19.4 Å². The van der Waals surface area contributed by atoms with Gasteiger partial charge in [-0.2, -0.15) is 0 Å². The van der Waals surface area contributed by atoms with Crippen molar-refractivity contribution in [2.45, 2.75) is 37.0 Å². The van der Waals surface area contributed by atoms with Crippen molar-refractivity contribution in [3.63, 3.8) is 0 Å². The number of alkyl halides is 2. The summed E-state index contributed by atoms with van der Waals surface area (Å²) in [6.45, 7) is 0. The van der Waals surface area contributed by atoms with E-state index in [-0.39, 0.29) is 12.8 Å². The van der Waals surface area contributed by atoms with Crippen molar-refractivity contribution in [3.8, 4) is 5.75 Å². The molecule has 0 amide bonds. The van der Waals surface area contributed by atoms with Crippen LogP contribution in [-0.2, 0) is 10.2 Å². The predicted octanol–water partition coefficient (Wildman–Crippen LogP) is 2.62. The molecule has 1 saturated carbocycles. The molecule has 0 aromatic carbocycles. The summed E-state index contributed by atoms with van der Waals surface area (Å²) in [6, 6.07) is 3.14. The van der Waals surface area contributed by atoms with Crippen LogP contribution in [0.25, 0.3) is 0 Å². The summed E-state index contributed by atoms with van der Waals surface area (Å²) >= 11 is 0. The first-order valence-corrected chi connectivity index (χ1v) is 6.01. The average molecular weight is 271 g/mol. The number of aliphatic carboxylic acids is 1. The fourth-order valence-corrected chi connectivity index (χ4v) is 2.41. The lowest BCUT2D eigenvalue weighted by Crippen LogP contribution is -2.43. The molecule has 1 aliphatic carbocycles. The van der Waals surface area contributed by atoms with E-state index in [9.17, 15) is 18.7 Å². The molecule has 0 aliphatic heterocycles. The number of nitrogens with zero attached hydrogens (tertiary/aromatic N) is 1. The fourth-order valence-electron chi connectivity index (χ4n) is 2.41. The highest BCUT2D eigenvalue weighted by Crippen LogP contribution is 2.45. The third-order valence-electron chi connectivity index (χ3n) is 3.71. The summed E-state index contributed by atoms with van der Waals surface area (Å²) in [5, 5.41) is 9.42. The number of methoxy groups -OCH3 is 1. The van der Waals surface area contributed by atoms with E-state index < -0.39 is 30.1 Å². The summed E-state index contributed by atoms with van der Waals surface area (Å²) in [6.07, 6.45) is 0.357. The van der Waals surface area contributed by atoms with Gasteiger partial charge in [0.1, 0.15) is 11.2 Å². The number of aromatic nitrogens is 1. The minimum Gasteiger partial charge on any atom is -0.495 e. The zero-order valence-electron chi connectivity index (χ0n) is 10.5. The molecule has 0 unspecified atom stereocenters. The highest BCUT2D eigenvalue weighted by molar-refractivity contribution is 5.81. The van der Waals surface area contributed by atoms with Crippen LogP contribution in [0.1, 0.15) is 31.4 Å². The Bertz CT molecular complexity index is 463. The van der Waals surface area contributed by atoms with Crippen LogP contribution in [0.15, 0.2) is 18.3 Å².